The average molecular weight is 254 g/mol. The molecule has 2 rings (SSSR count). The molecule has 0 fully saturated rings. The number of rotatable bonds is 2. The van der Waals surface area contributed by atoms with Gasteiger partial charge in [-0.1, -0.05) is 29.8 Å². The summed E-state index contributed by atoms with van der Waals surface area (Å²) in [4.78, 5) is 11.3. The summed E-state index contributed by atoms with van der Waals surface area (Å²) in [5.41, 5.74) is 12.4. The molecule has 1 amide bonds. The van der Waals surface area contributed by atoms with Crippen LogP contribution in [0.25, 0.3) is 11.3 Å². The van der Waals surface area contributed by atoms with Gasteiger partial charge in [0.15, 0.2) is 0 Å². The minimum Gasteiger partial charge on any atom is -0.396 e. The van der Waals surface area contributed by atoms with E-state index in [9.17, 15) is 4.79 Å². The lowest BCUT2D eigenvalue weighted by Gasteiger charge is -2.01. The number of carbonyl (C=O) groups excluding carboxylic acids is 1. The van der Waals surface area contributed by atoms with Crippen LogP contribution in [0.1, 0.15) is 9.67 Å². The molecule has 16 heavy (non-hydrogen) atoms. The Morgan fingerprint density at radius 1 is 1.38 bits per heavy atom. The minimum atomic E-state index is -0.576. The lowest BCUT2D eigenvalue weighted by Crippen LogP contribution is -2.10. The number of nitrogen functional groups attached to an aromatic ring is 1. The van der Waals surface area contributed by atoms with Crippen LogP contribution in [0, 0.1) is 0 Å². The normalized spacial score (nSPS) is 10.3. The molecule has 4 N–H and O–H groups in total. The number of nitrogens with two attached hydrogens (primary N) is 2. The Labute approximate surface area is 101 Å². The van der Waals surface area contributed by atoms with Crippen LogP contribution in [-0.2, 0) is 0 Å². The number of aromatic nitrogens is 1. The highest BCUT2D eigenvalue weighted by Gasteiger charge is 2.17. The van der Waals surface area contributed by atoms with Gasteiger partial charge < -0.3 is 11.5 Å². The molecule has 0 aliphatic rings. The summed E-state index contributed by atoms with van der Waals surface area (Å²) in [6.45, 7) is 0. The van der Waals surface area contributed by atoms with Crippen molar-refractivity contribution >= 4 is 34.7 Å². The van der Waals surface area contributed by atoms with Gasteiger partial charge in [0.1, 0.15) is 10.6 Å². The van der Waals surface area contributed by atoms with Gasteiger partial charge in [0.05, 0.1) is 10.7 Å². The first-order valence-corrected chi connectivity index (χ1v) is 5.56. The first-order chi connectivity index (χ1) is 7.61. The zero-order valence-electron chi connectivity index (χ0n) is 8.11. The van der Waals surface area contributed by atoms with Crippen LogP contribution in [0.5, 0.6) is 0 Å². The van der Waals surface area contributed by atoms with Crippen LogP contribution in [-0.4, -0.2) is 10.3 Å². The third-order valence-electron chi connectivity index (χ3n) is 2.08. The van der Waals surface area contributed by atoms with Crippen molar-refractivity contribution in [3.05, 3.63) is 34.2 Å². The van der Waals surface area contributed by atoms with Crippen molar-refractivity contribution in [1.82, 2.24) is 4.37 Å². The molecule has 6 heteroatoms. The Bertz CT molecular complexity index is 553. The van der Waals surface area contributed by atoms with Gasteiger partial charge in [-0.05, 0) is 17.6 Å². The van der Waals surface area contributed by atoms with Gasteiger partial charge in [-0.25, -0.2) is 0 Å². The second-order valence-electron chi connectivity index (χ2n) is 3.12. The van der Waals surface area contributed by atoms with Crippen LogP contribution >= 0.6 is 23.1 Å². The van der Waals surface area contributed by atoms with Crippen LogP contribution in [0.4, 0.5) is 5.69 Å². The summed E-state index contributed by atoms with van der Waals surface area (Å²) >= 11 is 6.99. The van der Waals surface area contributed by atoms with Gasteiger partial charge in [0.25, 0.3) is 5.91 Å². The summed E-state index contributed by atoms with van der Waals surface area (Å²) in [6, 6.07) is 7.16. The van der Waals surface area contributed by atoms with Crippen LogP contribution in [0.3, 0.4) is 0 Å². The Hall–Kier alpha value is -1.59. The highest BCUT2D eigenvalue weighted by molar-refractivity contribution is 7.09. The third-order valence-corrected chi connectivity index (χ3v) is 3.29. The number of nitrogens with zero attached hydrogens (tertiary/aromatic N) is 1. The topological polar surface area (TPSA) is 82.0 Å². The number of primary amides is 1. The number of hydrogen-bond acceptors (Lipinski definition) is 4. The second kappa shape index (κ2) is 4.11. The molecule has 1 aromatic heterocycles. The second-order valence-corrected chi connectivity index (χ2v) is 4.30. The fourth-order valence-corrected chi connectivity index (χ4v) is 2.21. The monoisotopic (exact) mass is 253 g/mol. The first kappa shape index (κ1) is 10.9. The Morgan fingerprint density at radius 2 is 2.06 bits per heavy atom. The van der Waals surface area contributed by atoms with Crippen molar-refractivity contribution in [2.75, 3.05) is 5.73 Å². The van der Waals surface area contributed by atoms with E-state index in [1.54, 1.807) is 12.1 Å². The third kappa shape index (κ3) is 1.75. The number of amides is 1. The molecule has 0 saturated carbocycles. The van der Waals surface area contributed by atoms with E-state index in [2.05, 4.69) is 4.37 Å². The van der Waals surface area contributed by atoms with Gasteiger partial charge in [-0.3, -0.25) is 4.79 Å². The van der Waals surface area contributed by atoms with Gasteiger partial charge in [0, 0.05) is 5.56 Å². The fourth-order valence-electron chi connectivity index (χ4n) is 1.32. The predicted octanol–water partition coefficient (Wildman–Crippen LogP) is 2.14. The summed E-state index contributed by atoms with van der Waals surface area (Å²) in [7, 11) is 0. The number of hydrogen-bond donors (Lipinski definition) is 2. The molecule has 82 valence electrons. The van der Waals surface area contributed by atoms with Gasteiger partial charge >= 0.3 is 0 Å². The zero-order chi connectivity index (χ0) is 11.7. The van der Waals surface area contributed by atoms with Crippen molar-refractivity contribution < 1.29 is 4.79 Å². The standard InChI is InChI=1S/C10H8ClN3OS/c11-6-4-2-1-3-5(6)8-7(12)9(10(13)15)16-14-8/h1-4H,12H2,(H2,13,15). The maximum Gasteiger partial charge on any atom is 0.262 e. The van der Waals surface area contributed by atoms with Gasteiger partial charge in [-0.2, -0.15) is 4.37 Å². The van der Waals surface area contributed by atoms with Crippen LogP contribution in [0.2, 0.25) is 5.02 Å². The number of anilines is 1. The van der Waals surface area contributed by atoms with E-state index in [4.69, 9.17) is 23.1 Å². The highest BCUT2D eigenvalue weighted by atomic mass is 35.5. The molecule has 0 spiro atoms. The smallest absolute Gasteiger partial charge is 0.262 e. The average Bonchev–Trinajstić information content (AvgIpc) is 2.61. The molecule has 0 bridgehead atoms. The SMILES string of the molecule is NC(=O)c1snc(-c2ccccc2Cl)c1N. The summed E-state index contributed by atoms with van der Waals surface area (Å²) < 4.78 is 4.10. The lowest BCUT2D eigenvalue weighted by atomic mass is 10.1. The number of carbonyl (C=O) groups is 1. The molecule has 0 unspecified atom stereocenters. The van der Waals surface area contributed by atoms with Crippen molar-refractivity contribution in [2.45, 2.75) is 0 Å². The molecule has 1 aromatic carbocycles. The first-order valence-electron chi connectivity index (χ1n) is 4.41. The van der Waals surface area contributed by atoms with Crippen molar-refractivity contribution in [1.29, 1.82) is 0 Å². The number of halogens is 1. The van der Waals surface area contributed by atoms with E-state index in [0.717, 1.165) is 11.5 Å². The molecule has 0 aliphatic carbocycles. The van der Waals surface area contributed by atoms with Crippen LogP contribution in [0.15, 0.2) is 24.3 Å². The lowest BCUT2D eigenvalue weighted by molar-refractivity contribution is 0.100. The van der Waals surface area contributed by atoms with E-state index in [1.807, 2.05) is 12.1 Å². The predicted molar refractivity (Wildman–Crippen MR) is 65.5 cm³/mol. The minimum absolute atomic E-state index is 0.259. The maximum atomic E-state index is 11.0. The van der Waals surface area contributed by atoms with Crippen molar-refractivity contribution in [2.24, 2.45) is 5.73 Å². The molecule has 4 nitrogen and oxygen atoms in total. The van der Waals surface area contributed by atoms with Crippen molar-refractivity contribution in [3.63, 3.8) is 0 Å². The molecule has 0 aliphatic heterocycles. The molecular weight excluding hydrogens is 246 g/mol. The maximum absolute atomic E-state index is 11.0. The van der Waals surface area contributed by atoms with Crippen LogP contribution < -0.4 is 11.5 Å². The molecule has 0 radical (unpaired) electrons. The molecule has 0 saturated heterocycles. The molecule has 1 heterocycles. The van der Waals surface area contributed by atoms with E-state index < -0.39 is 5.91 Å². The Morgan fingerprint density at radius 3 is 2.62 bits per heavy atom. The van der Waals surface area contributed by atoms with E-state index in [0.29, 0.717) is 16.3 Å². The van der Waals surface area contributed by atoms with E-state index in [1.165, 1.54) is 0 Å². The molecule has 2 aromatic rings. The Kier molecular flexibility index (Phi) is 2.80. The molecule has 0 atom stereocenters. The van der Waals surface area contributed by atoms with E-state index >= 15 is 0 Å². The quantitative estimate of drug-likeness (QED) is 0.860. The largest absolute Gasteiger partial charge is 0.396 e. The molecular formula is C10H8ClN3OS. The summed E-state index contributed by atoms with van der Waals surface area (Å²) in [5.74, 6) is -0.576. The zero-order valence-corrected chi connectivity index (χ0v) is 9.68. The van der Waals surface area contributed by atoms with Gasteiger partial charge in [0.2, 0.25) is 0 Å². The van der Waals surface area contributed by atoms with E-state index in [-0.39, 0.29) is 10.6 Å². The highest BCUT2D eigenvalue weighted by Crippen LogP contribution is 2.34. The Balaban J connectivity index is 2.58. The number of benzene rings is 1. The van der Waals surface area contributed by atoms with Gasteiger partial charge in [-0.15, -0.1) is 0 Å². The summed E-state index contributed by atoms with van der Waals surface area (Å²) in [6.07, 6.45) is 0. The summed E-state index contributed by atoms with van der Waals surface area (Å²) in [5, 5.41) is 0.538. The fraction of sp³-hybridized carbons (Fsp3) is 0. The van der Waals surface area contributed by atoms with Crippen molar-refractivity contribution in [3.8, 4) is 11.3 Å².